The van der Waals surface area contributed by atoms with E-state index >= 15 is 0 Å². The van der Waals surface area contributed by atoms with Crippen molar-refractivity contribution in [3.05, 3.63) is 57.5 Å². The van der Waals surface area contributed by atoms with Crippen LogP contribution < -0.4 is 0 Å². The molecule has 0 aliphatic rings. The van der Waals surface area contributed by atoms with Crippen LogP contribution in [0.2, 0.25) is 5.15 Å². The molecule has 2 rings (SSSR count). The zero-order valence-corrected chi connectivity index (χ0v) is 12.8. The second-order valence-electron chi connectivity index (χ2n) is 4.37. The molecule has 1 unspecified atom stereocenters. The molecule has 1 heterocycles. The van der Waals surface area contributed by atoms with Crippen molar-refractivity contribution in [1.82, 2.24) is 9.97 Å². The van der Waals surface area contributed by atoms with E-state index in [1.165, 1.54) is 12.4 Å². The van der Waals surface area contributed by atoms with Crippen molar-refractivity contribution in [2.24, 2.45) is 5.92 Å². The highest BCUT2D eigenvalue weighted by Gasteiger charge is 2.20. The summed E-state index contributed by atoms with van der Waals surface area (Å²) in [6, 6.07) is 7.60. The van der Waals surface area contributed by atoms with Gasteiger partial charge < -0.3 is 5.11 Å². The van der Waals surface area contributed by atoms with E-state index in [9.17, 15) is 9.90 Å². The first kappa shape index (κ1) is 14.9. The number of halogens is 2. The Labute approximate surface area is 130 Å². The molecular formula is C14H12BrClN2O2. The third-order valence-electron chi connectivity index (χ3n) is 2.90. The average molecular weight is 356 g/mol. The van der Waals surface area contributed by atoms with Crippen LogP contribution >= 0.6 is 27.5 Å². The zero-order chi connectivity index (χ0) is 14.5. The Morgan fingerprint density at radius 2 is 2.00 bits per heavy atom. The van der Waals surface area contributed by atoms with Crippen LogP contribution in [0, 0.1) is 5.92 Å². The SMILES string of the molecule is O=C(O)C(Cc1cnc(Cl)cn1)Cc1ccccc1Br. The van der Waals surface area contributed by atoms with Gasteiger partial charge in [-0.15, -0.1) is 0 Å². The molecule has 1 aromatic carbocycles. The summed E-state index contributed by atoms with van der Waals surface area (Å²) in [7, 11) is 0. The number of carbonyl (C=O) groups is 1. The zero-order valence-electron chi connectivity index (χ0n) is 10.5. The molecule has 0 aliphatic carbocycles. The Hall–Kier alpha value is -1.46. The molecule has 0 saturated carbocycles. The molecule has 4 nitrogen and oxygen atoms in total. The normalized spacial score (nSPS) is 12.1. The largest absolute Gasteiger partial charge is 0.481 e. The van der Waals surface area contributed by atoms with Gasteiger partial charge in [0.05, 0.1) is 24.0 Å². The van der Waals surface area contributed by atoms with E-state index in [0.29, 0.717) is 23.7 Å². The molecule has 0 spiro atoms. The third-order valence-corrected chi connectivity index (χ3v) is 3.87. The highest BCUT2D eigenvalue weighted by Crippen LogP contribution is 2.21. The number of carboxylic acids is 1. The summed E-state index contributed by atoms with van der Waals surface area (Å²) >= 11 is 9.10. The van der Waals surface area contributed by atoms with Crippen molar-refractivity contribution < 1.29 is 9.90 Å². The summed E-state index contributed by atoms with van der Waals surface area (Å²) in [5, 5.41) is 9.65. The van der Waals surface area contributed by atoms with Crippen LogP contribution in [0.1, 0.15) is 11.3 Å². The first-order chi connectivity index (χ1) is 9.56. The predicted molar refractivity (Wildman–Crippen MR) is 79.7 cm³/mol. The lowest BCUT2D eigenvalue weighted by Gasteiger charge is -2.13. The first-order valence-electron chi connectivity index (χ1n) is 5.99. The van der Waals surface area contributed by atoms with Crippen LogP contribution in [0.3, 0.4) is 0 Å². The second kappa shape index (κ2) is 6.81. The number of hydrogen-bond donors (Lipinski definition) is 1. The molecule has 0 amide bonds. The van der Waals surface area contributed by atoms with Crippen LogP contribution in [-0.2, 0) is 17.6 Å². The quantitative estimate of drug-likeness (QED) is 0.893. The minimum Gasteiger partial charge on any atom is -0.481 e. The van der Waals surface area contributed by atoms with Gasteiger partial charge in [-0.05, 0) is 18.1 Å². The maximum atomic E-state index is 11.4. The van der Waals surface area contributed by atoms with Crippen LogP contribution in [-0.4, -0.2) is 21.0 Å². The number of nitrogens with zero attached hydrogens (tertiary/aromatic N) is 2. The van der Waals surface area contributed by atoms with Gasteiger partial charge in [-0.2, -0.15) is 0 Å². The van der Waals surface area contributed by atoms with Crippen molar-refractivity contribution in [2.75, 3.05) is 0 Å². The van der Waals surface area contributed by atoms with Gasteiger partial charge in [-0.25, -0.2) is 4.98 Å². The fraction of sp³-hybridized carbons (Fsp3) is 0.214. The molecule has 104 valence electrons. The lowest BCUT2D eigenvalue weighted by molar-refractivity contribution is -0.141. The summed E-state index contributed by atoms with van der Waals surface area (Å²) in [6.45, 7) is 0. The van der Waals surface area contributed by atoms with Crippen molar-refractivity contribution in [3.63, 3.8) is 0 Å². The summed E-state index contributed by atoms with van der Waals surface area (Å²) in [5.41, 5.74) is 1.58. The van der Waals surface area contributed by atoms with Gasteiger partial charge in [-0.1, -0.05) is 45.7 Å². The van der Waals surface area contributed by atoms with E-state index < -0.39 is 11.9 Å². The maximum Gasteiger partial charge on any atom is 0.307 e. The standard InChI is InChI=1S/C14H12BrClN2O2/c15-12-4-2-1-3-9(12)5-10(14(19)20)6-11-7-18-13(16)8-17-11/h1-4,7-8,10H,5-6H2,(H,19,20). The molecule has 1 aromatic heterocycles. The summed E-state index contributed by atoms with van der Waals surface area (Å²) in [6.07, 6.45) is 3.69. The van der Waals surface area contributed by atoms with Gasteiger partial charge in [0.25, 0.3) is 0 Å². The third kappa shape index (κ3) is 4.02. The molecule has 1 N–H and O–H groups in total. The highest BCUT2D eigenvalue weighted by molar-refractivity contribution is 9.10. The smallest absolute Gasteiger partial charge is 0.307 e. The number of carboxylic acid groups (broad SMARTS) is 1. The minimum atomic E-state index is -0.850. The average Bonchev–Trinajstić information content (AvgIpc) is 2.42. The van der Waals surface area contributed by atoms with Crippen molar-refractivity contribution in [1.29, 1.82) is 0 Å². The number of hydrogen-bond acceptors (Lipinski definition) is 3. The lowest BCUT2D eigenvalue weighted by Crippen LogP contribution is -2.20. The van der Waals surface area contributed by atoms with E-state index in [4.69, 9.17) is 11.6 Å². The molecule has 6 heteroatoms. The van der Waals surface area contributed by atoms with Gasteiger partial charge in [-0.3, -0.25) is 9.78 Å². The van der Waals surface area contributed by atoms with Gasteiger partial charge in [0.1, 0.15) is 5.15 Å². The van der Waals surface area contributed by atoms with Crippen molar-refractivity contribution in [2.45, 2.75) is 12.8 Å². The van der Waals surface area contributed by atoms with Gasteiger partial charge >= 0.3 is 5.97 Å². The molecule has 0 fully saturated rings. The number of benzene rings is 1. The van der Waals surface area contributed by atoms with Crippen LogP contribution in [0.15, 0.2) is 41.1 Å². The Bertz CT molecular complexity index is 604. The number of aliphatic carboxylic acids is 1. The lowest BCUT2D eigenvalue weighted by atomic mass is 9.95. The van der Waals surface area contributed by atoms with Crippen molar-refractivity contribution in [3.8, 4) is 0 Å². The summed E-state index contributed by atoms with van der Waals surface area (Å²) in [5.74, 6) is -1.40. The summed E-state index contributed by atoms with van der Waals surface area (Å²) < 4.78 is 0.911. The number of aromatic nitrogens is 2. The monoisotopic (exact) mass is 354 g/mol. The molecule has 0 saturated heterocycles. The van der Waals surface area contributed by atoms with E-state index in [2.05, 4.69) is 25.9 Å². The first-order valence-corrected chi connectivity index (χ1v) is 7.16. The Morgan fingerprint density at radius 1 is 1.25 bits per heavy atom. The molecule has 0 radical (unpaired) electrons. The van der Waals surface area contributed by atoms with E-state index in [-0.39, 0.29) is 0 Å². The molecular weight excluding hydrogens is 344 g/mol. The highest BCUT2D eigenvalue weighted by atomic mass is 79.9. The molecule has 2 aromatic rings. The molecule has 1 atom stereocenters. The van der Waals surface area contributed by atoms with Gasteiger partial charge in [0.2, 0.25) is 0 Å². The Kier molecular flexibility index (Phi) is 5.09. The molecule has 20 heavy (non-hydrogen) atoms. The van der Waals surface area contributed by atoms with Crippen LogP contribution in [0.5, 0.6) is 0 Å². The maximum absolute atomic E-state index is 11.4. The van der Waals surface area contributed by atoms with E-state index in [1.807, 2.05) is 24.3 Å². The fourth-order valence-electron chi connectivity index (χ4n) is 1.87. The van der Waals surface area contributed by atoms with Gasteiger partial charge in [0.15, 0.2) is 0 Å². The topological polar surface area (TPSA) is 63.1 Å². The van der Waals surface area contributed by atoms with Crippen molar-refractivity contribution >= 4 is 33.5 Å². The second-order valence-corrected chi connectivity index (χ2v) is 5.61. The Morgan fingerprint density at radius 3 is 2.60 bits per heavy atom. The fourth-order valence-corrected chi connectivity index (χ4v) is 2.42. The molecule has 0 bridgehead atoms. The minimum absolute atomic E-state index is 0.298. The van der Waals surface area contributed by atoms with Crippen LogP contribution in [0.25, 0.3) is 0 Å². The summed E-state index contributed by atoms with van der Waals surface area (Å²) in [4.78, 5) is 19.4. The van der Waals surface area contributed by atoms with E-state index in [1.54, 1.807) is 0 Å². The number of rotatable bonds is 5. The molecule has 0 aliphatic heterocycles. The van der Waals surface area contributed by atoms with Gasteiger partial charge in [0, 0.05) is 10.9 Å². The predicted octanol–water partition coefficient (Wildman–Crippen LogP) is 3.38. The van der Waals surface area contributed by atoms with E-state index in [0.717, 1.165) is 10.0 Å². The van der Waals surface area contributed by atoms with Crippen LogP contribution in [0.4, 0.5) is 0 Å². The Balaban J connectivity index is 2.14.